The molecule has 0 aliphatic rings. The van der Waals surface area contributed by atoms with Crippen LogP contribution in [0.1, 0.15) is 15.9 Å². The van der Waals surface area contributed by atoms with Crippen molar-refractivity contribution in [2.75, 3.05) is 5.32 Å². The molecule has 6 heteroatoms. The molecule has 0 atom stereocenters. The van der Waals surface area contributed by atoms with E-state index in [4.69, 9.17) is 16.9 Å². The van der Waals surface area contributed by atoms with Gasteiger partial charge in [0.15, 0.2) is 0 Å². The number of hydrogen-bond donors (Lipinski definition) is 1. The summed E-state index contributed by atoms with van der Waals surface area (Å²) in [6.45, 7) is 0. The van der Waals surface area contributed by atoms with Crippen molar-refractivity contribution in [2.24, 2.45) is 7.05 Å². The van der Waals surface area contributed by atoms with Gasteiger partial charge in [0.1, 0.15) is 6.07 Å². The van der Waals surface area contributed by atoms with Gasteiger partial charge in [0.05, 0.1) is 22.3 Å². The number of carbonyl (C=O) groups excluding carboxylic acids is 1. The van der Waals surface area contributed by atoms with Gasteiger partial charge in [0.2, 0.25) is 0 Å². The number of anilines is 1. The second kappa shape index (κ2) is 4.90. The molecule has 0 saturated carbocycles. The molecule has 1 heterocycles. The first-order valence-electron chi connectivity index (χ1n) is 5.10. The molecule has 0 bridgehead atoms. The summed E-state index contributed by atoms with van der Waals surface area (Å²) in [5.41, 5.74) is 1.36. The van der Waals surface area contributed by atoms with Crippen LogP contribution in [0.2, 0.25) is 5.02 Å². The minimum atomic E-state index is -0.274. The van der Waals surface area contributed by atoms with Crippen molar-refractivity contribution >= 4 is 23.2 Å². The average Bonchev–Trinajstić information content (AvgIpc) is 2.76. The largest absolute Gasteiger partial charge is 0.322 e. The first-order chi connectivity index (χ1) is 8.60. The fraction of sp³-hybridized carbons (Fsp3) is 0.0833. The Hall–Kier alpha value is -2.32. The highest BCUT2D eigenvalue weighted by molar-refractivity contribution is 6.32. The van der Waals surface area contributed by atoms with E-state index in [0.29, 0.717) is 21.8 Å². The van der Waals surface area contributed by atoms with Gasteiger partial charge in [-0.2, -0.15) is 10.4 Å². The van der Waals surface area contributed by atoms with Gasteiger partial charge in [-0.05, 0) is 18.2 Å². The number of hydrogen-bond acceptors (Lipinski definition) is 3. The first kappa shape index (κ1) is 12.1. The number of rotatable bonds is 2. The van der Waals surface area contributed by atoms with Crippen LogP contribution >= 0.6 is 11.6 Å². The Labute approximate surface area is 109 Å². The number of halogens is 1. The van der Waals surface area contributed by atoms with Crippen LogP contribution in [0.25, 0.3) is 0 Å². The number of benzene rings is 1. The molecule has 0 aliphatic heterocycles. The maximum absolute atomic E-state index is 11.8. The lowest BCUT2D eigenvalue weighted by molar-refractivity contribution is 0.102. The molecule has 1 aromatic carbocycles. The molecule has 0 aliphatic carbocycles. The van der Waals surface area contributed by atoms with E-state index in [1.807, 2.05) is 6.07 Å². The van der Waals surface area contributed by atoms with E-state index in [-0.39, 0.29) is 5.91 Å². The van der Waals surface area contributed by atoms with Gasteiger partial charge in [-0.1, -0.05) is 11.6 Å². The van der Waals surface area contributed by atoms with Gasteiger partial charge in [-0.15, -0.1) is 0 Å². The SMILES string of the molecule is Cn1cc(C(=O)Nc2ccc(C#N)c(Cl)c2)cn1. The minimum absolute atomic E-state index is 0.274. The number of aryl methyl sites for hydroxylation is 1. The molecule has 90 valence electrons. The normalized spacial score (nSPS) is 9.83. The van der Waals surface area contributed by atoms with Crippen LogP contribution in [-0.2, 0) is 7.05 Å². The van der Waals surface area contributed by atoms with E-state index in [0.717, 1.165) is 0 Å². The number of nitriles is 1. The zero-order chi connectivity index (χ0) is 13.1. The van der Waals surface area contributed by atoms with Crippen LogP contribution in [0.15, 0.2) is 30.6 Å². The van der Waals surface area contributed by atoms with E-state index < -0.39 is 0 Å². The Bertz CT molecular complexity index is 642. The van der Waals surface area contributed by atoms with Crippen molar-refractivity contribution in [3.05, 3.63) is 46.7 Å². The zero-order valence-corrected chi connectivity index (χ0v) is 10.3. The van der Waals surface area contributed by atoms with Crippen LogP contribution in [0.5, 0.6) is 0 Å². The summed E-state index contributed by atoms with van der Waals surface area (Å²) in [7, 11) is 1.73. The van der Waals surface area contributed by atoms with E-state index in [2.05, 4.69) is 10.4 Å². The maximum Gasteiger partial charge on any atom is 0.258 e. The van der Waals surface area contributed by atoms with Gasteiger partial charge < -0.3 is 5.32 Å². The van der Waals surface area contributed by atoms with E-state index in [1.165, 1.54) is 12.3 Å². The molecule has 2 rings (SSSR count). The Morgan fingerprint density at radius 2 is 2.33 bits per heavy atom. The van der Waals surface area contributed by atoms with Crippen LogP contribution in [0, 0.1) is 11.3 Å². The van der Waals surface area contributed by atoms with Crippen molar-refractivity contribution in [2.45, 2.75) is 0 Å². The Kier molecular flexibility index (Phi) is 3.31. The van der Waals surface area contributed by atoms with Crippen molar-refractivity contribution in [1.29, 1.82) is 5.26 Å². The van der Waals surface area contributed by atoms with Crippen LogP contribution in [-0.4, -0.2) is 15.7 Å². The Morgan fingerprint density at radius 3 is 2.89 bits per heavy atom. The molecule has 1 aromatic heterocycles. The van der Waals surface area contributed by atoms with Crippen molar-refractivity contribution in [1.82, 2.24) is 9.78 Å². The monoisotopic (exact) mass is 260 g/mol. The lowest BCUT2D eigenvalue weighted by Crippen LogP contribution is -2.11. The van der Waals surface area contributed by atoms with E-state index in [9.17, 15) is 4.79 Å². The zero-order valence-electron chi connectivity index (χ0n) is 9.51. The third-order valence-electron chi connectivity index (χ3n) is 2.31. The van der Waals surface area contributed by atoms with E-state index >= 15 is 0 Å². The van der Waals surface area contributed by atoms with Gasteiger partial charge in [-0.3, -0.25) is 9.48 Å². The highest BCUT2D eigenvalue weighted by atomic mass is 35.5. The summed E-state index contributed by atoms with van der Waals surface area (Å²) < 4.78 is 1.54. The summed E-state index contributed by atoms with van der Waals surface area (Å²) in [5.74, 6) is -0.274. The average molecular weight is 261 g/mol. The molecular weight excluding hydrogens is 252 g/mol. The summed E-state index contributed by atoms with van der Waals surface area (Å²) in [5, 5.41) is 15.6. The van der Waals surface area contributed by atoms with Crippen molar-refractivity contribution in [3.8, 4) is 6.07 Å². The number of aromatic nitrogens is 2. The van der Waals surface area contributed by atoms with Gasteiger partial charge in [0, 0.05) is 18.9 Å². The first-order valence-corrected chi connectivity index (χ1v) is 5.47. The number of nitrogens with one attached hydrogen (secondary N) is 1. The van der Waals surface area contributed by atoms with Crippen molar-refractivity contribution < 1.29 is 4.79 Å². The standard InChI is InChI=1S/C12H9ClN4O/c1-17-7-9(6-15-17)12(18)16-10-3-2-8(5-14)11(13)4-10/h2-4,6-7H,1H3,(H,16,18). The predicted octanol–water partition coefficient (Wildman–Crippen LogP) is 2.20. The molecule has 2 aromatic rings. The predicted molar refractivity (Wildman–Crippen MR) is 67.3 cm³/mol. The molecule has 5 nitrogen and oxygen atoms in total. The number of nitrogens with zero attached hydrogens (tertiary/aromatic N) is 3. The summed E-state index contributed by atoms with van der Waals surface area (Å²) in [6, 6.07) is 6.67. The van der Waals surface area contributed by atoms with Gasteiger partial charge in [-0.25, -0.2) is 0 Å². The minimum Gasteiger partial charge on any atom is -0.322 e. The van der Waals surface area contributed by atoms with Gasteiger partial charge in [0.25, 0.3) is 5.91 Å². The fourth-order valence-electron chi connectivity index (χ4n) is 1.43. The molecule has 0 fully saturated rings. The van der Waals surface area contributed by atoms with Crippen LogP contribution < -0.4 is 5.32 Å². The van der Waals surface area contributed by atoms with E-state index in [1.54, 1.807) is 30.1 Å². The highest BCUT2D eigenvalue weighted by Gasteiger charge is 2.09. The second-order valence-electron chi connectivity index (χ2n) is 3.66. The summed E-state index contributed by atoms with van der Waals surface area (Å²) in [4.78, 5) is 11.8. The summed E-state index contributed by atoms with van der Waals surface area (Å²) >= 11 is 5.87. The summed E-state index contributed by atoms with van der Waals surface area (Å²) in [6.07, 6.45) is 3.08. The lowest BCUT2D eigenvalue weighted by atomic mass is 10.2. The van der Waals surface area contributed by atoms with Crippen molar-refractivity contribution in [3.63, 3.8) is 0 Å². The molecule has 1 N–H and O–H groups in total. The maximum atomic E-state index is 11.8. The topological polar surface area (TPSA) is 70.7 Å². The Morgan fingerprint density at radius 1 is 1.56 bits per heavy atom. The Balaban J connectivity index is 2.17. The number of carbonyl (C=O) groups is 1. The molecule has 0 saturated heterocycles. The second-order valence-corrected chi connectivity index (χ2v) is 4.07. The third-order valence-corrected chi connectivity index (χ3v) is 2.63. The highest BCUT2D eigenvalue weighted by Crippen LogP contribution is 2.20. The molecule has 0 spiro atoms. The smallest absolute Gasteiger partial charge is 0.258 e. The fourth-order valence-corrected chi connectivity index (χ4v) is 1.65. The molecule has 1 amide bonds. The molecular formula is C12H9ClN4O. The molecule has 18 heavy (non-hydrogen) atoms. The molecule has 0 radical (unpaired) electrons. The molecule has 0 unspecified atom stereocenters. The van der Waals surface area contributed by atoms with Crippen LogP contribution in [0.4, 0.5) is 5.69 Å². The third kappa shape index (κ3) is 2.50. The lowest BCUT2D eigenvalue weighted by Gasteiger charge is -2.04. The number of amides is 1. The quantitative estimate of drug-likeness (QED) is 0.900. The van der Waals surface area contributed by atoms with Crippen LogP contribution in [0.3, 0.4) is 0 Å². The van der Waals surface area contributed by atoms with Gasteiger partial charge >= 0.3 is 0 Å².